The second kappa shape index (κ2) is 9.49. The Kier molecular flexibility index (Phi) is 6.99. The van der Waals surface area contributed by atoms with Crippen molar-refractivity contribution in [2.75, 3.05) is 37.7 Å². The minimum atomic E-state index is -3.44. The van der Waals surface area contributed by atoms with Gasteiger partial charge in [-0.2, -0.15) is 0 Å². The fourth-order valence-corrected chi connectivity index (χ4v) is 4.43. The summed E-state index contributed by atoms with van der Waals surface area (Å²) in [5.74, 6) is 0.0489. The first-order valence-electron chi connectivity index (χ1n) is 10.1. The molecule has 0 aromatic heterocycles. The number of hydrogen-bond donors (Lipinski definition) is 2. The number of hydrogen-bond acceptors (Lipinski definition) is 5. The molecule has 0 unspecified atom stereocenters. The molecule has 0 aliphatic carbocycles. The summed E-state index contributed by atoms with van der Waals surface area (Å²) in [7, 11) is -1.68. The van der Waals surface area contributed by atoms with E-state index < -0.39 is 10.0 Å². The fraction of sp³-hybridized carbons (Fsp3) is 0.409. The lowest BCUT2D eigenvalue weighted by Crippen LogP contribution is -2.39. The Morgan fingerprint density at radius 1 is 1.17 bits per heavy atom. The summed E-state index contributed by atoms with van der Waals surface area (Å²) in [6, 6.07) is 13.7. The van der Waals surface area contributed by atoms with E-state index in [-0.39, 0.29) is 24.1 Å². The number of phenolic OH excluding ortho intramolecular Hbond substituents is 1. The van der Waals surface area contributed by atoms with E-state index in [4.69, 9.17) is 0 Å². The molecule has 30 heavy (non-hydrogen) atoms. The monoisotopic (exact) mass is 431 g/mol. The zero-order valence-corrected chi connectivity index (χ0v) is 18.2. The van der Waals surface area contributed by atoms with Gasteiger partial charge < -0.3 is 14.9 Å². The number of likely N-dealkylation sites (N-methyl/N-ethyl adjacent to an activating group) is 1. The number of benzene rings is 2. The van der Waals surface area contributed by atoms with Crippen LogP contribution in [0, 0.1) is 0 Å². The average molecular weight is 432 g/mol. The number of nitrogens with zero attached hydrogens (tertiary/aromatic N) is 2. The molecule has 0 radical (unpaired) electrons. The van der Waals surface area contributed by atoms with Crippen LogP contribution in [0.5, 0.6) is 5.75 Å². The molecule has 7 nitrogen and oxygen atoms in total. The number of nitrogens with one attached hydrogen (secondary N) is 1. The third kappa shape index (κ3) is 5.96. The third-order valence-corrected chi connectivity index (χ3v) is 5.99. The number of likely N-dealkylation sites (tertiary alicyclic amines) is 1. The molecule has 1 atom stereocenters. The zero-order valence-electron chi connectivity index (χ0n) is 17.4. The molecule has 2 N–H and O–H groups in total. The number of anilines is 1. The highest BCUT2D eigenvalue weighted by atomic mass is 32.2. The van der Waals surface area contributed by atoms with Crippen molar-refractivity contribution < 1.29 is 18.3 Å². The first-order valence-corrected chi connectivity index (χ1v) is 11.9. The third-order valence-electron chi connectivity index (χ3n) is 5.40. The van der Waals surface area contributed by atoms with Gasteiger partial charge in [-0.3, -0.25) is 9.52 Å². The Labute approximate surface area is 178 Å². The summed E-state index contributed by atoms with van der Waals surface area (Å²) in [6.45, 7) is 2.69. The summed E-state index contributed by atoms with van der Waals surface area (Å²) in [4.78, 5) is 17.2. The number of phenols is 1. The van der Waals surface area contributed by atoms with E-state index in [0.29, 0.717) is 17.8 Å². The molecule has 1 saturated heterocycles. The van der Waals surface area contributed by atoms with Crippen molar-refractivity contribution in [2.24, 2.45) is 0 Å². The first kappa shape index (κ1) is 22.1. The van der Waals surface area contributed by atoms with Gasteiger partial charge in [0, 0.05) is 13.6 Å². The topological polar surface area (TPSA) is 90.0 Å². The second-order valence-corrected chi connectivity index (χ2v) is 9.58. The van der Waals surface area contributed by atoms with Crippen molar-refractivity contribution >= 4 is 21.6 Å². The van der Waals surface area contributed by atoms with Crippen molar-refractivity contribution in [3.05, 3.63) is 59.7 Å². The highest BCUT2D eigenvalue weighted by Gasteiger charge is 2.26. The smallest absolute Gasteiger partial charge is 0.229 e. The number of amides is 1. The lowest BCUT2D eigenvalue weighted by molar-refractivity contribution is -0.131. The van der Waals surface area contributed by atoms with Gasteiger partial charge in [0.05, 0.1) is 24.4 Å². The van der Waals surface area contributed by atoms with Crippen molar-refractivity contribution in [1.29, 1.82) is 0 Å². The maximum atomic E-state index is 13.2. The van der Waals surface area contributed by atoms with E-state index >= 15 is 0 Å². The largest absolute Gasteiger partial charge is 0.508 e. The van der Waals surface area contributed by atoms with E-state index in [1.54, 1.807) is 54.4 Å². The summed E-state index contributed by atoms with van der Waals surface area (Å²) >= 11 is 0. The number of sulfonamides is 1. The average Bonchev–Trinajstić information content (AvgIpc) is 3.19. The van der Waals surface area contributed by atoms with Crippen LogP contribution in [0.25, 0.3) is 0 Å². The Morgan fingerprint density at radius 3 is 2.53 bits per heavy atom. The van der Waals surface area contributed by atoms with Crippen LogP contribution in [0.3, 0.4) is 0 Å². The fourth-order valence-electron chi connectivity index (χ4n) is 3.83. The summed E-state index contributed by atoms with van der Waals surface area (Å²) in [6.07, 6.45) is 3.46. The Bertz CT molecular complexity index is 987. The standard InChI is InChI=1S/C22H29N3O4S/c1-24(22(27)15-17-8-3-4-11-20(17)23-30(2,28)29)21(16-25-12-5-6-13-25)18-9-7-10-19(26)14-18/h3-4,7-11,14,21,23,26H,5-6,12-13,15-16H2,1-2H3/t21-/m1/s1. The van der Waals surface area contributed by atoms with Crippen LogP contribution in [0.4, 0.5) is 5.69 Å². The molecule has 2 aromatic carbocycles. The molecular weight excluding hydrogens is 402 g/mol. The lowest BCUT2D eigenvalue weighted by atomic mass is 10.0. The molecule has 2 aromatic rings. The first-order chi connectivity index (χ1) is 14.2. The molecule has 8 heteroatoms. The minimum absolute atomic E-state index is 0.0739. The van der Waals surface area contributed by atoms with E-state index in [9.17, 15) is 18.3 Å². The van der Waals surface area contributed by atoms with Gasteiger partial charge in [-0.25, -0.2) is 8.42 Å². The Morgan fingerprint density at radius 2 is 1.87 bits per heavy atom. The van der Waals surface area contributed by atoms with Crippen LogP contribution >= 0.6 is 0 Å². The molecule has 1 heterocycles. The molecule has 0 spiro atoms. The SMILES string of the molecule is CN(C(=O)Cc1ccccc1NS(C)(=O)=O)[C@H](CN1CCCC1)c1cccc(O)c1. The predicted octanol–water partition coefficient (Wildman–Crippen LogP) is 2.60. The molecule has 0 bridgehead atoms. The van der Waals surface area contributed by atoms with Gasteiger partial charge in [0.1, 0.15) is 5.75 Å². The van der Waals surface area contributed by atoms with Gasteiger partial charge in [-0.1, -0.05) is 30.3 Å². The van der Waals surface area contributed by atoms with Crippen molar-refractivity contribution in [2.45, 2.75) is 25.3 Å². The van der Waals surface area contributed by atoms with Crippen LogP contribution in [0.15, 0.2) is 48.5 Å². The van der Waals surface area contributed by atoms with Crippen LogP contribution < -0.4 is 4.72 Å². The van der Waals surface area contributed by atoms with E-state index in [2.05, 4.69) is 9.62 Å². The molecule has 162 valence electrons. The van der Waals surface area contributed by atoms with Gasteiger partial charge in [0.2, 0.25) is 15.9 Å². The number of rotatable bonds is 8. The molecular formula is C22H29N3O4S. The predicted molar refractivity (Wildman–Crippen MR) is 118 cm³/mol. The van der Waals surface area contributed by atoms with Crippen LogP contribution in [0.2, 0.25) is 0 Å². The quantitative estimate of drug-likeness (QED) is 0.671. The maximum absolute atomic E-state index is 13.2. The number of para-hydroxylation sites is 1. The molecule has 0 saturated carbocycles. The second-order valence-electron chi connectivity index (χ2n) is 7.83. The van der Waals surface area contributed by atoms with Gasteiger partial charge in [-0.05, 0) is 55.3 Å². The van der Waals surface area contributed by atoms with Crippen molar-refractivity contribution in [3.63, 3.8) is 0 Å². The van der Waals surface area contributed by atoms with Crippen molar-refractivity contribution in [1.82, 2.24) is 9.80 Å². The Hall–Kier alpha value is -2.58. The summed E-state index contributed by atoms with van der Waals surface area (Å²) in [5.41, 5.74) is 1.91. The molecule has 1 fully saturated rings. The summed E-state index contributed by atoms with van der Waals surface area (Å²) in [5, 5.41) is 9.94. The maximum Gasteiger partial charge on any atom is 0.229 e. The van der Waals surface area contributed by atoms with Crippen molar-refractivity contribution in [3.8, 4) is 5.75 Å². The molecule has 3 rings (SSSR count). The van der Waals surface area contributed by atoms with E-state index in [1.807, 2.05) is 6.07 Å². The minimum Gasteiger partial charge on any atom is -0.508 e. The van der Waals surface area contributed by atoms with E-state index in [1.165, 1.54) is 0 Å². The number of aromatic hydroxyl groups is 1. The molecule has 1 aliphatic rings. The Balaban J connectivity index is 1.82. The molecule has 1 amide bonds. The van der Waals surface area contributed by atoms with E-state index in [0.717, 1.165) is 37.8 Å². The number of carbonyl (C=O) groups is 1. The normalized spacial score (nSPS) is 15.7. The van der Waals surface area contributed by atoms with Gasteiger partial charge >= 0.3 is 0 Å². The highest BCUT2D eigenvalue weighted by molar-refractivity contribution is 7.92. The van der Waals surface area contributed by atoms with Crippen LogP contribution in [-0.2, 0) is 21.2 Å². The molecule has 1 aliphatic heterocycles. The van der Waals surface area contributed by atoms with Gasteiger partial charge in [0.15, 0.2) is 0 Å². The summed E-state index contributed by atoms with van der Waals surface area (Å²) < 4.78 is 25.8. The van der Waals surface area contributed by atoms with Crippen LogP contribution in [-0.4, -0.2) is 62.2 Å². The lowest BCUT2D eigenvalue weighted by Gasteiger charge is -2.32. The van der Waals surface area contributed by atoms with Gasteiger partial charge in [-0.15, -0.1) is 0 Å². The van der Waals surface area contributed by atoms with Crippen LogP contribution in [0.1, 0.15) is 30.0 Å². The highest BCUT2D eigenvalue weighted by Crippen LogP contribution is 2.27. The number of carbonyl (C=O) groups excluding carboxylic acids is 1. The zero-order chi connectivity index (χ0) is 21.7. The van der Waals surface area contributed by atoms with Gasteiger partial charge in [0.25, 0.3) is 0 Å².